The Bertz CT molecular complexity index is 3020. The largest absolute Gasteiger partial charge is 0.309 e. The fourth-order valence-electron chi connectivity index (χ4n) is 8.99. The van der Waals surface area contributed by atoms with Gasteiger partial charge in [-0.05, 0) is 96.8 Å². The van der Waals surface area contributed by atoms with Crippen LogP contribution in [0.1, 0.15) is 28.3 Å². The molecule has 1 aliphatic carbocycles. The zero-order valence-electron chi connectivity index (χ0n) is 28.9. The van der Waals surface area contributed by atoms with Crippen molar-refractivity contribution in [1.82, 2.24) is 13.7 Å². The summed E-state index contributed by atoms with van der Waals surface area (Å²) in [7, 11) is 0. The number of nitrogens with zero attached hydrogens (tertiary/aromatic N) is 3. The fourth-order valence-corrected chi connectivity index (χ4v) is 8.99. The van der Waals surface area contributed by atoms with Crippen molar-refractivity contribution >= 4 is 60.6 Å². The molecule has 1 atom stereocenters. The average Bonchev–Trinajstić information content (AvgIpc) is 3.83. The Morgan fingerprint density at radius 2 is 0.962 bits per heavy atom. The van der Waals surface area contributed by atoms with Gasteiger partial charge >= 0.3 is 0 Å². The van der Waals surface area contributed by atoms with E-state index in [1.54, 1.807) is 0 Å². The maximum absolute atomic E-state index is 2.46. The normalized spacial score (nSPS) is 14.3. The van der Waals surface area contributed by atoms with E-state index in [2.05, 4.69) is 197 Å². The monoisotopic (exact) mass is 665 g/mol. The van der Waals surface area contributed by atoms with E-state index in [-0.39, 0.29) is 5.92 Å². The Morgan fingerprint density at radius 3 is 1.60 bits per heavy atom. The molecular weight excluding hydrogens is 631 g/mol. The molecule has 11 rings (SSSR count). The first kappa shape index (κ1) is 29.2. The van der Waals surface area contributed by atoms with Crippen molar-refractivity contribution in [2.75, 3.05) is 0 Å². The maximum atomic E-state index is 2.46. The van der Waals surface area contributed by atoms with Gasteiger partial charge in [0.2, 0.25) is 0 Å². The van der Waals surface area contributed by atoms with Crippen LogP contribution in [-0.2, 0) is 6.42 Å². The molecular formula is C49H35N3. The molecule has 0 saturated carbocycles. The lowest BCUT2D eigenvalue weighted by Gasteiger charge is -2.20. The molecule has 52 heavy (non-hydrogen) atoms. The van der Waals surface area contributed by atoms with Crippen LogP contribution in [0, 0.1) is 6.92 Å². The minimum absolute atomic E-state index is 0.286. The molecule has 0 fully saturated rings. The Morgan fingerprint density at radius 1 is 0.442 bits per heavy atom. The van der Waals surface area contributed by atoms with Crippen molar-refractivity contribution in [3.8, 4) is 17.1 Å². The van der Waals surface area contributed by atoms with Crippen LogP contribution in [-0.4, -0.2) is 13.7 Å². The summed E-state index contributed by atoms with van der Waals surface area (Å²) in [6.45, 7) is 2.21. The van der Waals surface area contributed by atoms with Gasteiger partial charge in [-0.15, -0.1) is 0 Å². The van der Waals surface area contributed by atoms with Crippen molar-refractivity contribution in [2.24, 2.45) is 0 Å². The fraction of sp³-hybridized carbons (Fsp3) is 0.0612. The lowest BCUT2D eigenvalue weighted by Crippen LogP contribution is -2.08. The average molecular weight is 666 g/mol. The summed E-state index contributed by atoms with van der Waals surface area (Å²) in [4.78, 5) is 0. The summed E-state index contributed by atoms with van der Waals surface area (Å²) in [5.74, 6) is 0.286. The Hall–Kier alpha value is -6.58. The Balaban J connectivity index is 1.04. The molecule has 10 aromatic rings. The van der Waals surface area contributed by atoms with Gasteiger partial charge in [-0.3, -0.25) is 0 Å². The SMILES string of the molecule is Cc1ccccc1-n1c2c(c3ccccc31)CC(c1ccc3c(c1)c1ccccc1n3-c1cccc(-n3c4ccccc4c4ccccc43)c1)C=C2. The number of rotatable bonds is 4. The van der Waals surface area contributed by atoms with Crippen molar-refractivity contribution in [2.45, 2.75) is 19.3 Å². The van der Waals surface area contributed by atoms with Gasteiger partial charge in [0.25, 0.3) is 0 Å². The van der Waals surface area contributed by atoms with E-state index in [0.29, 0.717) is 0 Å². The van der Waals surface area contributed by atoms with E-state index in [9.17, 15) is 0 Å². The molecule has 0 saturated heterocycles. The van der Waals surface area contributed by atoms with Gasteiger partial charge in [0.1, 0.15) is 0 Å². The third-order valence-corrected chi connectivity index (χ3v) is 11.3. The molecule has 7 aromatic carbocycles. The lowest BCUT2D eigenvalue weighted by atomic mass is 9.86. The van der Waals surface area contributed by atoms with Gasteiger partial charge in [-0.25, -0.2) is 0 Å². The lowest BCUT2D eigenvalue weighted by molar-refractivity contribution is 0.826. The molecule has 246 valence electrons. The van der Waals surface area contributed by atoms with Crippen LogP contribution in [0.3, 0.4) is 0 Å². The van der Waals surface area contributed by atoms with Crippen LogP contribution in [0.15, 0.2) is 170 Å². The van der Waals surface area contributed by atoms with E-state index >= 15 is 0 Å². The second kappa shape index (κ2) is 11.2. The van der Waals surface area contributed by atoms with E-state index in [4.69, 9.17) is 0 Å². The topological polar surface area (TPSA) is 14.8 Å². The molecule has 0 radical (unpaired) electrons. The highest BCUT2D eigenvalue weighted by Gasteiger charge is 2.25. The summed E-state index contributed by atoms with van der Waals surface area (Å²) in [6, 6.07) is 60.1. The van der Waals surface area contributed by atoms with Gasteiger partial charge in [-0.2, -0.15) is 0 Å². The van der Waals surface area contributed by atoms with Crippen LogP contribution >= 0.6 is 0 Å². The van der Waals surface area contributed by atoms with Crippen LogP contribution in [0.4, 0.5) is 0 Å². The quantitative estimate of drug-likeness (QED) is 0.178. The molecule has 0 spiro atoms. The van der Waals surface area contributed by atoms with Crippen molar-refractivity contribution in [3.05, 3.63) is 192 Å². The van der Waals surface area contributed by atoms with Gasteiger partial charge in [0.05, 0.1) is 27.6 Å². The van der Waals surface area contributed by atoms with Gasteiger partial charge < -0.3 is 13.7 Å². The first-order valence-corrected chi connectivity index (χ1v) is 18.2. The predicted octanol–water partition coefficient (Wildman–Crippen LogP) is 12.5. The predicted molar refractivity (Wildman–Crippen MR) is 219 cm³/mol. The molecule has 0 aliphatic heterocycles. The smallest absolute Gasteiger partial charge is 0.0541 e. The van der Waals surface area contributed by atoms with Crippen molar-refractivity contribution in [1.29, 1.82) is 0 Å². The number of hydrogen-bond acceptors (Lipinski definition) is 0. The highest BCUT2D eigenvalue weighted by molar-refractivity contribution is 6.10. The van der Waals surface area contributed by atoms with E-state index < -0.39 is 0 Å². The van der Waals surface area contributed by atoms with Gasteiger partial charge in [-0.1, -0.05) is 109 Å². The zero-order valence-corrected chi connectivity index (χ0v) is 28.9. The van der Waals surface area contributed by atoms with Gasteiger partial charge in [0.15, 0.2) is 0 Å². The summed E-state index contributed by atoms with van der Waals surface area (Å²) in [5, 5.41) is 6.46. The molecule has 0 amide bonds. The van der Waals surface area contributed by atoms with Crippen LogP contribution in [0.2, 0.25) is 0 Å². The molecule has 1 unspecified atom stereocenters. The van der Waals surface area contributed by atoms with Crippen molar-refractivity contribution < 1.29 is 0 Å². The standard InChI is InChI=1S/C49H35N3/c1-32-13-2-7-20-43(32)52-47-24-11-6-19-40(47)42-30-34(26-28-49(42)52)33-25-27-48-41(29-33)39-18-5-10-23-46(39)51(48)36-15-12-14-35(31-36)50-44-21-8-3-16-37(44)38-17-4-9-22-45(38)50/h2-29,31,34H,30H2,1H3. The summed E-state index contributed by atoms with van der Waals surface area (Å²) < 4.78 is 7.30. The molecule has 0 bridgehead atoms. The van der Waals surface area contributed by atoms with E-state index in [1.807, 2.05) is 0 Å². The van der Waals surface area contributed by atoms with Crippen molar-refractivity contribution in [3.63, 3.8) is 0 Å². The summed E-state index contributed by atoms with van der Waals surface area (Å²) in [6.07, 6.45) is 5.76. The molecule has 1 aliphatic rings. The summed E-state index contributed by atoms with van der Waals surface area (Å²) >= 11 is 0. The second-order valence-corrected chi connectivity index (χ2v) is 14.2. The number of para-hydroxylation sites is 5. The number of benzene rings is 7. The first-order chi connectivity index (χ1) is 25.7. The maximum Gasteiger partial charge on any atom is 0.0541 e. The number of hydrogen-bond donors (Lipinski definition) is 0. The second-order valence-electron chi connectivity index (χ2n) is 14.2. The molecule has 3 heterocycles. The van der Waals surface area contributed by atoms with Crippen LogP contribution in [0.25, 0.3) is 77.7 Å². The minimum Gasteiger partial charge on any atom is -0.309 e. The molecule has 3 nitrogen and oxygen atoms in total. The molecule has 3 aromatic heterocycles. The van der Waals surface area contributed by atoms with E-state index in [0.717, 1.165) is 17.8 Å². The highest BCUT2D eigenvalue weighted by Crippen LogP contribution is 2.41. The molecule has 0 N–H and O–H groups in total. The van der Waals surface area contributed by atoms with Gasteiger partial charge in [0, 0.05) is 55.6 Å². The third kappa shape index (κ3) is 4.20. The summed E-state index contributed by atoms with van der Waals surface area (Å²) in [5.41, 5.74) is 15.1. The van der Waals surface area contributed by atoms with Crippen LogP contribution < -0.4 is 0 Å². The third-order valence-electron chi connectivity index (χ3n) is 11.3. The Kier molecular flexibility index (Phi) is 6.29. The minimum atomic E-state index is 0.286. The zero-order chi connectivity index (χ0) is 34.3. The Labute approximate surface area is 301 Å². The first-order valence-electron chi connectivity index (χ1n) is 18.2. The number of aryl methyl sites for hydroxylation is 1. The number of allylic oxidation sites excluding steroid dienone is 1. The number of aromatic nitrogens is 3. The highest BCUT2D eigenvalue weighted by atomic mass is 15.0. The number of fused-ring (bicyclic) bond motifs is 9. The van der Waals surface area contributed by atoms with E-state index in [1.165, 1.54) is 82.6 Å². The van der Waals surface area contributed by atoms with Crippen LogP contribution in [0.5, 0.6) is 0 Å². The molecule has 3 heteroatoms.